The van der Waals surface area contributed by atoms with Crippen molar-refractivity contribution in [2.45, 2.75) is 25.7 Å². The minimum Gasteiger partial charge on any atom is -0.493 e. The molecule has 1 aliphatic heterocycles. The highest BCUT2D eigenvalue weighted by molar-refractivity contribution is 6.01. The summed E-state index contributed by atoms with van der Waals surface area (Å²) in [4.78, 5) is 31.9. The Balaban J connectivity index is 1.64. The van der Waals surface area contributed by atoms with Crippen LogP contribution in [0.25, 0.3) is 0 Å². The predicted octanol–water partition coefficient (Wildman–Crippen LogP) is 2.65. The molecule has 0 fully saturated rings. The van der Waals surface area contributed by atoms with Gasteiger partial charge in [-0.25, -0.2) is 9.97 Å². The summed E-state index contributed by atoms with van der Waals surface area (Å²) in [7, 11) is 0. The van der Waals surface area contributed by atoms with Crippen molar-refractivity contribution >= 4 is 11.6 Å². The van der Waals surface area contributed by atoms with E-state index < -0.39 is 0 Å². The fourth-order valence-corrected chi connectivity index (χ4v) is 2.49. The fourth-order valence-electron chi connectivity index (χ4n) is 2.49. The van der Waals surface area contributed by atoms with Crippen molar-refractivity contribution in [2.75, 3.05) is 6.61 Å². The smallest absolute Gasteiger partial charge is 0.181 e. The van der Waals surface area contributed by atoms with Gasteiger partial charge in [0.05, 0.1) is 6.61 Å². The molecule has 1 aromatic carbocycles. The second-order valence-corrected chi connectivity index (χ2v) is 5.22. The fraction of sp³-hybridized carbons (Fsp3) is 0.294. The average Bonchev–Trinajstić information content (AvgIpc) is 2.59. The average molecular weight is 296 g/mol. The van der Waals surface area contributed by atoms with Gasteiger partial charge in [0.1, 0.15) is 17.8 Å². The van der Waals surface area contributed by atoms with Gasteiger partial charge in [0.15, 0.2) is 11.6 Å². The summed E-state index contributed by atoms with van der Waals surface area (Å²) in [6, 6.07) is 7.05. The highest BCUT2D eigenvalue weighted by Gasteiger charge is 2.15. The molecule has 2 heterocycles. The number of aromatic nitrogens is 2. The molecule has 1 aliphatic rings. The van der Waals surface area contributed by atoms with Crippen LogP contribution >= 0.6 is 0 Å². The molecule has 5 heteroatoms. The molecule has 5 nitrogen and oxygen atoms in total. The highest BCUT2D eigenvalue weighted by atomic mass is 16.5. The quantitative estimate of drug-likeness (QED) is 0.793. The van der Waals surface area contributed by atoms with Gasteiger partial charge in [0.2, 0.25) is 0 Å². The van der Waals surface area contributed by atoms with E-state index in [9.17, 15) is 9.59 Å². The van der Waals surface area contributed by atoms with E-state index in [0.717, 1.165) is 30.8 Å². The molecule has 0 aliphatic carbocycles. The Hall–Kier alpha value is -2.56. The summed E-state index contributed by atoms with van der Waals surface area (Å²) in [5.74, 6) is 0.688. The molecule has 0 unspecified atom stereocenters. The lowest BCUT2D eigenvalue weighted by atomic mass is 9.98. The minimum absolute atomic E-state index is 0.0317. The molecular formula is C17H16N2O3. The largest absolute Gasteiger partial charge is 0.493 e. The Kier molecular flexibility index (Phi) is 4.23. The number of fused-ring (bicyclic) bond motifs is 1. The molecule has 3 rings (SSSR count). The third-order valence-corrected chi connectivity index (χ3v) is 3.68. The Bertz CT molecular complexity index is 698. The number of carbonyl (C=O) groups is 2. The van der Waals surface area contributed by atoms with E-state index in [1.165, 1.54) is 12.5 Å². The minimum atomic E-state index is -0.142. The van der Waals surface area contributed by atoms with Crippen LogP contribution in [0.5, 0.6) is 5.75 Å². The first-order valence-electron chi connectivity index (χ1n) is 7.32. The molecule has 0 radical (unpaired) electrons. The standard InChI is InChI=1S/C17H16N2O3/c20-15(4-5-16(21)14-7-8-18-11-19-14)12-3-6-17-13(10-12)2-1-9-22-17/h3,6-8,10-11H,1-2,4-5,9H2. The molecule has 0 atom stereocenters. The van der Waals surface area contributed by atoms with Gasteiger partial charge in [-0.15, -0.1) is 0 Å². The van der Waals surface area contributed by atoms with E-state index in [0.29, 0.717) is 11.3 Å². The monoisotopic (exact) mass is 296 g/mol. The van der Waals surface area contributed by atoms with Crippen molar-refractivity contribution in [3.8, 4) is 5.75 Å². The molecule has 0 bridgehead atoms. The zero-order valence-corrected chi connectivity index (χ0v) is 12.1. The SMILES string of the molecule is O=C(CCC(=O)c1ccncn1)c1ccc2c(c1)CCCO2. The Labute approximate surface area is 128 Å². The number of benzene rings is 1. The van der Waals surface area contributed by atoms with E-state index in [-0.39, 0.29) is 24.4 Å². The molecule has 0 saturated carbocycles. The Morgan fingerprint density at radius 3 is 2.82 bits per heavy atom. The molecule has 22 heavy (non-hydrogen) atoms. The number of Topliss-reactive ketones (excluding diaryl/α,β-unsaturated/α-hetero) is 2. The number of hydrogen-bond acceptors (Lipinski definition) is 5. The van der Waals surface area contributed by atoms with Gasteiger partial charge in [0, 0.05) is 24.6 Å². The van der Waals surface area contributed by atoms with Crippen molar-refractivity contribution < 1.29 is 14.3 Å². The topological polar surface area (TPSA) is 69.2 Å². The van der Waals surface area contributed by atoms with E-state index >= 15 is 0 Å². The first-order chi connectivity index (χ1) is 10.7. The number of aryl methyl sites for hydroxylation is 1. The van der Waals surface area contributed by atoms with Crippen molar-refractivity contribution in [3.63, 3.8) is 0 Å². The third kappa shape index (κ3) is 3.19. The van der Waals surface area contributed by atoms with Gasteiger partial charge in [-0.1, -0.05) is 0 Å². The first kappa shape index (κ1) is 14.4. The van der Waals surface area contributed by atoms with Crippen LogP contribution in [0.2, 0.25) is 0 Å². The van der Waals surface area contributed by atoms with Crippen LogP contribution in [0.4, 0.5) is 0 Å². The summed E-state index contributed by atoms with van der Waals surface area (Å²) >= 11 is 0. The first-order valence-corrected chi connectivity index (χ1v) is 7.32. The van der Waals surface area contributed by atoms with Gasteiger partial charge in [-0.2, -0.15) is 0 Å². The lowest BCUT2D eigenvalue weighted by Gasteiger charge is -2.17. The molecule has 0 spiro atoms. The number of carbonyl (C=O) groups excluding carboxylic acids is 2. The maximum Gasteiger partial charge on any atom is 0.181 e. The van der Waals surface area contributed by atoms with E-state index in [4.69, 9.17) is 4.74 Å². The highest BCUT2D eigenvalue weighted by Crippen LogP contribution is 2.26. The van der Waals surface area contributed by atoms with Crippen molar-refractivity contribution in [2.24, 2.45) is 0 Å². The summed E-state index contributed by atoms with van der Waals surface area (Å²) in [6.07, 6.45) is 5.09. The van der Waals surface area contributed by atoms with E-state index in [1.807, 2.05) is 12.1 Å². The maximum absolute atomic E-state index is 12.2. The maximum atomic E-state index is 12.2. The Morgan fingerprint density at radius 2 is 2.00 bits per heavy atom. The van der Waals surface area contributed by atoms with Crippen LogP contribution in [0, 0.1) is 0 Å². The molecule has 1 aromatic heterocycles. The zero-order valence-electron chi connectivity index (χ0n) is 12.1. The van der Waals surface area contributed by atoms with Crippen molar-refractivity contribution in [3.05, 3.63) is 53.6 Å². The van der Waals surface area contributed by atoms with Crippen LogP contribution in [0.3, 0.4) is 0 Å². The molecular weight excluding hydrogens is 280 g/mol. The van der Waals surface area contributed by atoms with Crippen LogP contribution < -0.4 is 4.74 Å². The Morgan fingerprint density at radius 1 is 1.14 bits per heavy atom. The van der Waals surface area contributed by atoms with Gasteiger partial charge >= 0.3 is 0 Å². The molecule has 2 aromatic rings. The second-order valence-electron chi connectivity index (χ2n) is 5.22. The predicted molar refractivity (Wildman–Crippen MR) is 80.2 cm³/mol. The molecule has 112 valence electrons. The van der Waals surface area contributed by atoms with Crippen LogP contribution in [0.15, 0.2) is 36.8 Å². The van der Waals surface area contributed by atoms with E-state index in [1.54, 1.807) is 12.1 Å². The van der Waals surface area contributed by atoms with Gasteiger partial charge in [0.25, 0.3) is 0 Å². The zero-order chi connectivity index (χ0) is 15.4. The lowest BCUT2D eigenvalue weighted by molar-refractivity contribution is 0.0914. The number of nitrogens with zero attached hydrogens (tertiary/aromatic N) is 2. The normalized spacial score (nSPS) is 13.1. The van der Waals surface area contributed by atoms with Gasteiger partial charge in [-0.05, 0) is 42.7 Å². The molecule has 0 N–H and O–H groups in total. The second kappa shape index (κ2) is 6.47. The number of hydrogen-bond donors (Lipinski definition) is 0. The van der Waals surface area contributed by atoms with Crippen LogP contribution in [-0.4, -0.2) is 28.1 Å². The van der Waals surface area contributed by atoms with E-state index in [2.05, 4.69) is 9.97 Å². The van der Waals surface area contributed by atoms with Crippen LogP contribution in [-0.2, 0) is 6.42 Å². The number of rotatable bonds is 5. The number of ketones is 2. The molecule has 0 amide bonds. The third-order valence-electron chi connectivity index (χ3n) is 3.68. The van der Waals surface area contributed by atoms with Gasteiger partial charge in [-0.3, -0.25) is 9.59 Å². The summed E-state index contributed by atoms with van der Waals surface area (Å²) in [5.41, 5.74) is 2.06. The lowest BCUT2D eigenvalue weighted by Crippen LogP contribution is -2.10. The number of ether oxygens (including phenoxy) is 1. The summed E-state index contributed by atoms with van der Waals surface area (Å²) < 4.78 is 5.53. The summed E-state index contributed by atoms with van der Waals surface area (Å²) in [5, 5.41) is 0. The molecule has 0 saturated heterocycles. The van der Waals surface area contributed by atoms with Crippen LogP contribution in [0.1, 0.15) is 45.7 Å². The summed E-state index contributed by atoms with van der Waals surface area (Å²) in [6.45, 7) is 0.730. The van der Waals surface area contributed by atoms with Crippen molar-refractivity contribution in [1.82, 2.24) is 9.97 Å². The van der Waals surface area contributed by atoms with Gasteiger partial charge < -0.3 is 4.74 Å². The van der Waals surface area contributed by atoms with Crippen molar-refractivity contribution in [1.29, 1.82) is 0 Å².